The lowest BCUT2D eigenvalue weighted by Gasteiger charge is -2.10. The monoisotopic (exact) mass is 148 g/mol. The van der Waals surface area contributed by atoms with E-state index in [1.807, 2.05) is 0 Å². The van der Waals surface area contributed by atoms with Crippen molar-refractivity contribution in [3.05, 3.63) is 0 Å². The second-order valence-electron chi connectivity index (χ2n) is 2.32. The first-order chi connectivity index (χ1) is 4.77. The molecule has 0 radical (unpaired) electrons. The highest BCUT2D eigenvalue weighted by atomic mass is 16.5. The quantitative estimate of drug-likeness (QED) is 0.266. The summed E-state index contributed by atoms with van der Waals surface area (Å²) in [6.07, 6.45) is -0.985. The average molecular weight is 148 g/mol. The van der Waals surface area contributed by atoms with Gasteiger partial charge >= 0.3 is 0 Å². The van der Waals surface area contributed by atoms with Crippen LogP contribution in [-0.2, 0) is 4.74 Å². The van der Waals surface area contributed by atoms with Gasteiger partial charge in [-0.3, -0.25) is 5.84 Å². The summed E-state index contributed by atoms with van der Waals surface area (Å²) in [4.78, 5) is 0. The smallest absolute Gasteiger partial charge is 0.123 e. The Morgan fingerprint density at radius 3 is 2.70 bits per heavy atom. The second-order valence-corrected chi connectivity index (χ2v) is 2.32. The van der Waals surface area contributed by atoms with Crippen molar-refractivity contribution in [2.24, 2.45) is 5.84 Å². The van der Waals surface area contributed by atoms with Crippen molar-refractivity contribution in [2.45, 2.75) is 24.9 Å². The van der Waals surface area contributed by atoms with Crippen molar-refractivity contribution in [3.8, 4) is 0 Å². The van der Waals surface area contributed by atoms with Crippen LogP contribution in [0.4, 0.5) is 0 Å². The van der Waals surface area contributed by atoms with Crippen LogP contribution in [0.5, 0.6) is 0 Å². The standard InChI is InChI=1S/C5H12N2O3/c6-7-5-1-3(9)4(2-8)10-5/h3-5,7-9H,1-2,6H2/t3-,4+,5?/m0/s1. The van der Waals surface area contributed by atoms with E-state index in [-0.39, 0.29) is 12.8 Å². The topological polar surface area (TPSA) is 87.7 Å². The van der Waals surface area contributed by atoms with Crippen molar-refractivity contribution in [3.63, 3.8) is 0 Å². The van der Waals surface area contributed by atoms with Crippen LogP contribution in [-0.4, -0.2) is 35.3 Å². The largest absolute Gasteiger partial charge is 0.394 e. The van der Waals surface area contributed by atoms with Gasteiger partial charge in [-0.15, -0.1) is 0 Å². The molecule has 0 spiro atoms. The predicted molar refractivity (Wildman–Crippen MR) is 33.7 cm³/mol. The molecule has 0 aromatic rings. The molecule has 1 unspecified atom stereocenters. The Balaban J connectivity index is 2.36. The molecule has 0 saturated carbocycles. The fraction of sp³-hybridized carbons (Fsp3) is 1.00. The van der Waals surface area contributed by atoms with Crippen LogP contribution in [0.3, 0.4) is 0 Å². The SMILES string of the molecule is NNC1C[C@H](O)[C@@H](CO)O1. The molecule has 1 aliphatic rings. The molecule has 0 aromatic heterocycles. The summed E-state index contributed by atoms with van der Waals surface area (Å²) in [5, 5.41) is 17.7. The van der Waals surface area contributed by atoms with E-state index in [1.54, 1.807) is 0 Å². The van der Waals surface area contributed by atoms with E-state index in [2.05, 4.69) is 5.43 Å². The Kier molecular flexibility index (Phi) is 2.58. The first kappa shape index (κ1) is 7.90. The normalized spacial score (nSPS) is 40.5. The third-order valence-corrected chi connectivity index (χ3v) is 1.59. The zero-order valence-corrected chi connectivity index (χ0v) is 5.53. The summed E-state index contributed by atoms with van der Waals surface area (Å²) in [7, 11) is 0. The van der Waals surface area contributed by atoms with E-state index in [4.69, 9.17) is 20.8 Å². The van der Waals surface area contributed by atoms with Gasteiger partial charge < -0.3 is 14.9 Å². The van der Waals surface area contributed by atoms with Crippen molar-refractivity contribution >= 4 is 0 Å². The van der Waals surface area contributed by atoms with Gasteiger partial charge in [0.05, 0.1) is 12.7 Å². The number of hydrogen-bond donors (Lipinski definition) is 4. The van der Waals surface area contributed by atoms with Gasteiger partial charge in [0.2, 0.25) is 0 Å². The number of hydrazine groups is 1. The Morgan fingerprint density at radius 1 is 1.70 bits per heavy atom. The van der Waals surface area contributed by atoms with Crippen LogP contribution < -0.4 is 11.3 Å². The highest BCUT2D eigenvalue weighted by molar-refractivity contribution is 4.78. The van der Waals surface area contributed by atoms with Crippen LogP contribution in [0.1, 0.15) is 6.42 Å². The molecule has 3 atom stereocenters. The fourth-order valence-corrected chi connectivity index (χ4v) is 1.00. The molecule has 0 bridgehead atoms. The number of aliphatic hydroxyl groups excluding tert-OH is 2. The molecule has 5 heteroatoms. The molecule has 1 aliphatic heterocycles. The summed E-state index contributed by atoms with van der Waals surface area (Å²) in [6.45, 7) is -0.167. The Hall–Kier alpha value is -0.200. The van der Waals surface area contributed by atoms with Gasteiger partial charge in [0.25, 0.3) is 0 Å². The second kappa shape index (κ2) is 3.27. The van der Waals surface area contributed by atoms with E-state index in [0.717, 1.165) is 0 Å². The molecule has 0 aromatic carbocycles. The van der Waals surface area contributed by atoms with Crippen LogP contribution in [0.2, 0.25) is 0 Å². The number of ether oxygens (including phenoxy) is 1. The summed E-state index contributed by atoms with van der Waals surface area (Å²) in [5.41, 5.74) is 2.37. The molecule has 5 nitrogen and oxygen atoms in total. The predicted octanol–water partition coefficient (Wildman–Crippen LogP) is -2.08. The number of hydrogen-bond acceptors (Lipinski definition) is 5. The maximum absolute atomic E-state index is 9.11. The first-order valence-electron chi connectivity index (χ1n) is 3.18. The summed E-state index contributed by atoms with van der Waals surface area (Å²) in [6, 6.07) is 0. The molecule has 10 heavy (non-hydrogen) atoms. The van der Waals surface area contributed by atoms with Gasteiger partial charge in [-0.1, -0.05) is 0 Å². The third kappa shape index (κ3) is 1.44. The van der Waals surface area contributed by atoms with Gasteiger partial charge in [-0.25, -0.2) is 5.43 Å². The molecular weight excluding hydrogens is 136 g/mol. The Morgan fingerprint density at radius 2 is 2.40 bits per heavy atom. The molecule has 1 saturated heterocycles. The fourth-order valence-electron chi connectivity index (χ4n) is 1.00. The molecule has 0 aliphatic carbocycles. The Labute approximate surface area is 58.8 Å². The molecule has 1 rings (SSSR count). The summed E-state index contributed by atoms with van der Waals surface area (Å²) in [5.74, 6) is 5.05. The lowest BCUT2D eigenvalue weighted by Crippen LogP contribution is -2.35. The van der Waals surface area contributed by atoms with E-state index < -0.39 is 12.2 Å². The maximum Gasteiger partial charge on any atom is 0.123 e. The van der Waals surface area contributed by atoms with E-state index in [0.29, 0.717) is 6.42 Å². The number of aliphatic hydroxyl groups is 2. The van der Waals surface area contributed by atoms with Gasteiger partial charge in [-0.05, 0) is 0 Å². The highest BCUT2D eigenvalue weighted by Crippen LogP contribution is 2.16. The third-order valence-electron chi connectivity index (χ3n) is 1.59. The lowest BCUT2D eigenvalue weighted by molar-refractivity contribution is -0.0307. The minimum Gasteiger partial charge on any atom is -0.394 e. The van der Waals surface area contributed by atoms with Crippen molar-refractivity contribution in [2.75, 3.05) is 6.61 Å². The maximum atomic E-state index is 9.11. The highest BCUT2D eigenvalue weighted by Gasteiger charge is 2.32. The minimum absolute atomic E-state index is 0.167. The van der Waals surface area contributed by atoms with E-state index in [1.165, 1.54) is 0 Å². The number of rotatable bonds is 2. The average Bonchev–Trinajstić information content (AvgIpc) is 2.30. The van der Waals surface area contributed by atoms with Gasteiger partial charge in [-0.2, -0.15) is 0 Å². The van der Waals surface area contributed by atoms with Crippen molar-refractivity contribution in [1.82, 2.24) is 5.43 Å². The van der Waals surface area contributed by atoms with Crippen LogP contribution in [0.25, 0.3) is 0 Å². The summed E-state index contributed by atoms with van der Waals surface area (Å²) >= 11 is 0. The zero-order chi connectivity index (χ0) is 7.56. The van der Waals surface area contributed by atoms with Crippen LogP contribution in [0.15, 0.2) is 0 Å². The number of nitrogens with one attached hydrogen (secondary N) is 1. The van der Waals surface area contributed by atoms with Gasteiger partial charge in [0.15, 0.2) is 0 Å². The molecule has 5 N–H and O–H groups in total. The van der Waals surface area contributed by atoms with Crippen molar-refractivity contribution in [1.29, 1.82) is 0 Å². The molecular formula is C5H12N2O3. The summed E-state index contributed by atoms with van der Waals surface area (Å²) < 4.78 is 5.04. The van der Waals surface area contributed by atoms with E-state index >= 15 is 0 Å². The van der Waals surface area contributed by atoms with Gasteiger partial charge in [0, 0.05) is 6.42 Å². The van der Waals surface area contributed by atoms with E-state index in [9.17, 15) is 0 Å². The lowest BCUT2D eigenvalue weighted by atomic mass is 10.2. The van der Waals surface area contributed by atoms with Crippen molar-refractivity contribution < 1.29 is 14.9 Å². The molecule has 1 heterocycles. The molecule has 1 fully saturated rings. The molecule has 60 valence electrons. The minimum atomic E-state index is -0.606. The zero-order valence-electron chi connectivity index (χ0n) is 5.53. The molecule has 0 amide bonds. The number of nitrogens with two attached hydrogens (primary N) is 1. The van der Waals surface area contributed by atoms with Crippen LogP contribution in [0, 0.1) is 0 Å². The Bertz CT molecular complexity index is 111. The van der Waals surface area contributed by atoms with Crippen LogP contribution >= 0.6 is 0 Å². The van der Waals surface area contributed by atoms with Gasteiger partial charge in [0.1, 0.15) is 12.3 Å². The first-order valence-corrected chi connectivity index (χ1v) is 3.18.